The number of hydrazone groups is 1. The summed E-state index contributed by atoms with van der Waals surface area (Å²) in [5.74, 6) is 0.472. The van der Waals surface area contributed by atoms with Gasteiger partial charge in [-0.25, -0.2) is 10.4 Å². The maximum Gasteiger partial charge on any atom is 0.246 e. The number of morpholine rings is 1. The average Bonchev–Trinajstić information content (AvgIpc) is 3.16. The summed E-state index contributed by atoms with van der Waals surface area (Å²) in [7, 11) is 0. The normalized spacial score (nSPS) is 14.3. The molecular formula is C19H22N4O3S. The molecule has 2 aromatic rings. The molecule has 1 aliphatic rings. The van der Waals surface area contributed by atoms with Crippen LogP contribution in [0.5, 0.6) is 5.75 Å². The fraction of sp³-hybridized carbons (Fsp3) is 0.316. The van der Waals surface area contributed by atoms with Crippen molar-refractivity contribution >= 4 is 28.6 Å². The van der Waals surface area contributed by atoms with Crippen LogP contribution in [0.15, 0.2) is 47.4 Å². The van der Waals surface area contributed by atoms with Crippen LogP contribution in [0.4, 0.5) is 5.13 Å². The number of hydrogen-bond acceptors (Lipinski definition) is 7. The van der Waals surface area contributed by atoms with Gasteiger partial charge in [0.1, 0.15) is 12.4 Å². The Morgan fingerprint density at radius 2 is 2.22 bits per heavy atom. The van der Waals surface area contributed by atoms with Gasteiger partial charge in [0, 0.05) is 24.0 Å². The summed E-state index contributed by atoms with van der Waals surface area (Å²) in [6.07, 6.45) is 3.43. The van der Waals surface area contributed by atoms with E-state index in [-0.39, 0.29) is 12.3 Å². The third kappa shape index (κ3) is 5.63. The zero-order valence-electron chi connectivity index (χ0n) is 15.0. The lowest BCUT2D eigenvalue weighted by molar-refractivity contribution is -0.120. The topological polar surface area (TPSA) is 76.0 Å². The number of hydrogen-bond donors (Lipinski definition) is 1. The lowest BCUT2D eigenvalue weighted by Crippen LogP contribution is -2.36. The van der Waals surface area contributed by atoms with Crippen LogP contribution in [0.3, 0.4) is 0 Å². The van der Waals surface area contributed by atoms with Crippen molar-refractivity contribution in [2.24, 2.45) is 5.10 Å². The number of carbonyl (C=O) groups excluding carboxylic acids is 1. The van der Waals surface area contributed by atoms with E-state index in [1.165, 1.54) is 0 Å². The van der Waals surface area contributed by atoms with Gasteiger partial charge in [0.2, 0.25) is 5.91 Å². The van der Waals surface area contributed by atoms with E-state index in [9.17, 15) is 4.79 Å². The minimum Gasteiger partial charge on any atom is -0.489 e. The molecule has 1 aromatic heterocycles. The van der Waals surface area contributed by atoms with Crippen molar-refractivity contribution in [3.63, 3.8) is 0 Å². The van der Waals surface area contributed by atoms with Crippen LogP contribution < -0.4 is 15.1 Å². The Balaban J connectivity index is 1.52. The van der Waals surface area contributed by atoms with Gasteiger partial charge in [-0.2, -0.15) is 5.10 Å². The van der Waals surface area contributed by atoms with Crippen molar-refractivity contribution in [2.45, 2.75) is 6.42 Å². The smallest absolute Gasteiger partial charge is 0.246 e. The highest BCUT2D eigenvalue weighted by Crippen LogP contribution is 2.21. The maximum atomic E-state index is 12.1. The standard InChI is InChI=1S/C19H22N4O3S/c1-2-9-26-17-6-4-3-5-15(17)13-20-22-18(24)12-16-14-27-19(21-16)23-7-10-25-11-8-23/h2-6,13-14H,1,7-12H2,(H,22,24)/b20-13-. The van der Waals surface area contributed by atoms with E-state index in [1.807, 2.05) is 29.6 Å². The molecular weight excluding hydrogens is 364 g/mol. The predicted molar refractivity (Wildman–Crippen MR) is 107 cm³/mol. The first-order valence-electron chi connectivity index (χ1n) is 8.68. The molecule has 7 nitrogen and oxygen atoms in total. The highest BCUT2D eigenvalue weighted by molar-refractivity contribution is 7.13. The Bertz CT molecular complexity index is 800. The number of benzene rings is 1. The molecule has 0 saturated carbocycles. The Labute approximate surface area is 162 Å². The fourth-order valence-corrected chi connectivity index (χ4v) is 3.40. The highest BCUT2D eigenvalue weighted by Gasteiger charge is 2.15. The van der Waals surface area contributed by atoms with E-state index in [0.717, 1.165) is 29.5 Å². The largest absolute Gasteiger partial charge is 0.489 e. The number of carbonyl (C=O) groups is 1. The first-order chi connectivity index (χ1) is 13.3. The van der Waals surface area contributed by atoms with Crippen LogP contribution >= 0.6 is 11.3 Å². The Hall–Kier alpha value is -2.71. The summed E-state index contributed by atoms with van der Waals surface area (Å²) in [5.41, 5.74) is 4.06. The van der Waals surface area contributed by atoms with Crippen LogP contribution in [-0.2, 0) is 16.0 Å². The van der Waals surface area contributed by atoms with Crippen LogP contribution in [0.2, 0.25) is 0 Å². The number of anilines is 1. The predicted octanol–water partition coefficient (Wildman–Crippen LogP) is 2.24. The van der Waals surface area contributed by atoms with Gasteiger partial charge in [-0.3, -0.25) is 4.79 Å². The lowest BCUT2D eigenvalue weighted by Gasteiger charge is -2.26. The first kappa shape index (κ1) is 19.1. The van der Waals surface area contributed by atoms with Crippen LogP contribution in [-0.4, -0.2) is 50.0 Å². The molecule has 0 aliphatic carbocycles. The molecule has 0 unspecified atom stereocenters. The number of amides is 1. The van der Waals surface area contributed by atoms with Gasteiger partial charge >= 0.3 is 0 Å². The molecule has 0 radical (unpaired) electrons. The fourth-order valence-electron chi connectivity index (χ4n) is 2.52. The molecule has 1 fully saturated rings. The Morgan fingerprint density at radius 1 is 1.41 bits per heavy atom. The molecule has 27 heavy (non-hydrogen) atoms. The Kier molecular flexibility index (Phi) is 6.95. The third-order valence-corrected chi connectivity index (χ3v) is 4.78. The van der Waals surface area contributed by atoms with Gasteiger partial charge in [-0.05, 0) is 12.1 Å². The number of nitrogens with zero attached hydrogens (tertiary/aromatic N) is 3. The van der Waals surface area contributed by atoms with Gasteiger partial charge in [0.25, 0.3) is 0 Å². The second-order valence-corrected chi connectivity index (χ2v) is 6.66. The molecule has 1 amide bonds. The van der Waals surface area contributed by atoms with Crippen molar-refractivity contribution in [1.29, 1.82) is 0 Å². The van der Waals surface area contributed by atoms with Crippen molar-refractivity contribution in [3.05, 3.63) is 53.6 Å². The number of aromatic nitrogens is 1. The molecule has 0 bridgehead atoms. The molecule has 2 heterocycles. The molecule has 1 aliphatic heterocycles. The number of rotatable bonds is 8. The van der Waals surface area contributed by atoms with Gasteiger partial charge in [0.05, 0.1) is 31.5 Å². The van der Waals surface area contributed by atoms with Crippen LogP contribution in [0, 0.1) is 0 Å². The second-order valence-electron chi connectivity index (χ2n) is 5.83. The minimum absolute atomic E-state index is 0.187. The first-order valence-corrected chi connectivity index (χ1v) is 9.56. The summed E-state index contributed by atoms with van der Waals surface area (Å²) in [5, 5.41) is 6.86. The lowest BCUT2D eigenvalue weighted by atomic mass is 10.2. The van der Waals surface area contributed by atoms with E-state index >= 15 is 0 Å². The zero-order chi connectivity index (χ0) is 18.9. The van der Waals surface area contributed by atoms with Crippen molar-refractivity contribution < 1.29 is 14.3 Å². The quantitative estimate of drug-likeness (QED) is 0.428. The molecule has 1 aromatic carbocycles. The van der Waals surface area contributed by atoms with Gasteiger partial charge < -0.3 is 14.4 Å². The summed E-state index contributed by atoms with van der Waals surface area (Å²) < 4.78 is 10.9. The number of thiazole rings is 1. The summed E-state index contributed by atoms with van der Waals surface area (Å²) in [4.78, 5) is 18.8. The van der Waals surface area contributed by atoms with Gasteiger partial charge in [-0.1, -0.05) is 24.8 Å². The Morgan fingerprint density at radius 3 is 3.04 bits per heavy atom. The molecule has 3 rings (SSSR count). The third-order valence-electron chi connectivity index (χ3n) is 3.83. The molecule has 0 spiro atoms. The van der Waals surface area contributed by atoms with Gasteiger partial charge in [0.15, 0.2) is 5.13 Å². The van der Waals surface area contributed by atoms with E-state index < -0.39 is 0 Å². The molecule has 1 N–H and O–H groups in total. The van der Waals surface area contributed by atoms with E-state index in [1.54, 1.807) is 23.6 Å². The van der Waals surface area contributed by atoms with E-state index in [0.29, 0.717) is 25.6 Å². The molecule has 0 atom stereocenters. The molecule has 1 saturated heterocycles. The van der Waals surface area contributed by atoms with Gasteiger partial charge in [-0.15, -0.1) is 11.3 Å². The van der Waals surface area contributed by atoms with Crippen LogP contribution in [0.1, 0.15) is 11.3 Å². The molecule has 142 valence electrons. The minimum atomic E-state index is -0.213. The monoisotopic (exact) mass is 386 g/mol. The SMILES string of the molecule is C=CCOc1ccccc1/C=N\NC(=O)Cc1csc(N2CCOCC2)n1. The van der Waals surface area contributed by atoms with E-state index in [4.69, 9.17) is 9.47 Å². The zero-order valence-corrected chi connectivity index (χ0v) is 15.8. The highest BCUT2D eigenvalue weighted by atomic mass is 32.1. The summed E-state index contributed by atoms with van der Waals surface area (Å²) in [6.45, 7) is 7.12. The van der Waals surface area contributed by atoms with Crippen molar-refractivity contribution in [1.82, 2.24) is 10.4 Å². The summed E-state index contributed by atoms with van der Waals surface area (Å²) >= 11 is 1.54. The number of ether oxygens (including phenoxy) is 2. The van der Waals surface area contributed by atoms with Crippen LogP contribution in [0.25, 0.3) is 0 Å². The van der Waals surface area contributed by atoms with Crippen molar-refractivity contribution in [3.8, 4) is 5.75 Å². The van der Waals surface area contributed by atoms with E-state index in [2.05, 4.69) is 27.0 Å². The average molecular weight is 386 g/mol. The second kappa shape index (κ2) is 9.84. The molecule has 8 heteroatoms. The maximum absolute atomic E-state index is 12.1. The number of nitrogens with one attached hydrogen (secondary N) is 1. The van der Waals surface area contributed by atoms with Crippen molar-refractivity contribution in [2.75, 3.05) is 37.8 Å². The number of para-hydroxylation sites is 1. The summed E-state index contributed by atoms with van der Waals surface area (Å²) in [6, 6.07) is 7.47.